The predicted octanol–water partition coefficient (Wildman–Crippen LogP) is 3.75. The van der Waals surface area contributed by atoms with Gasteiger partial charge in [0.2, 0.25) is 0 Å². The summed E-state index contributed by atoms with van der Waals surface area (Å²) < 4.78 is 5.25. The van der Waals surface area contributed by atoms with Gasteiger partial charge in [0, 0.05) is 12.6 Å². The number of hydrogen-bond acceptors (Lipinski definition) is 2. The van der Waals surface area contributed by atoms with Crippen LogP contribution < -0.4 is 10.1 Å². The minimum absolute atomic E-state index is 0.622. The second-order valence-corrected chi connectivity index (χ2v) is 5.42. The first-order chi connectivity index (χ1) is 8.79. The Bertz CT molecular complexity index is 358. The molecule has 1 fully saturated rings. The van der Waals surface area contributed by atoms with E-state index in [1.165, 1.54) is 37.7 Å². The van der Waals surface area contributed by atoms with E-state index in [0.717, 1.165) is 18.2 Å². The van der Waals surface area contributed by atoms with Crippen LogP contribution in [0.5, 0.6) is 5.75 Å². The molecule has 0 spiro atoms. The Balaban J connectivity index is 1.82. The second-order valence-electron chi connectivity index (χ2n) is 5.42. The van der Waals surface area contributed by atoms with Crippen LogP contribution in [-0.2, 0) is 6.54 Å². The highest BCUT2D eigenvalue weighted by molar-refractivity contribution is 5.28. The molecule has 1 aliphatic carbocycles. The van der Waals surface area contributed by atoms with E-state index in [2.05, 4.69) is 30.4 Å². The summed E-state index contributed by atoms with van der Waals surface area (Å²) in [5.41, 5.74) is 1.30. The van der Waals surface area contributed by atoms with Crippen LogP contribution in [0.2, 0.25) is 0 Å². The van der Waals surface area contributed by atoms with Gasteiger partial charge in [0.25, 0.3) is 0 Å². The highest BCUT2D eigenvalue weighted by Crippen LogP contribution is 2.26. The monoisotopic (exact) mass is 247 g/mol. The largest absolute Gasteiger partial charge is 0.497 e. The maximum Gasteiger partial charge on any atom is 0.119 e. The molecule has 100 valence electrons. The zero-order valence-corrected chi connectivity index (χ0v) is 11.6. The lowest BCUT2D eigenvalue weighted by atomic mass is 9.84. The summed E-state index contributed by atoms with van der Waals surface area (Å²) in [6.07, 6.45) is 7.04. The fourth-order valence-corrected chi connectivity index (χ4v) is 2.86. The van der Waals surface area contributed by atoms with E-state index in [1.54, 1.807) is 7.11 Å². The zero-order chi connectivity index (χ0) is 12.8. The molecule has 1 N–H and O–H groups in total. The van der Waals surface area contributed by atoms with Crippen molar-refractivity contribution in [2.24, 2.45) is 5.92 Å². The molecule has 1 saturated carbocycles. The Morgan fingerprint density at radius 2 is 2.06 bits per heavy atom. The molecule has 0 unspecified atom stereocenters. The molecule has 0 aromatic heterocycles. The van der Waals surface area contributed by atoms with Crippen LogP contribution in [0.3, 0.4) is 0 Å². The van der Waals surface area contributed by atoms with Crippen LogP contribution in [0.4, 0.5) is 0 Å². The second kappa shape index (κ2) is 6.79. The lowest BCUT2D eigenvalue weighted by Crippen LogP contribution is -2.34. The van der Waals surface area contributed by atoms with Crippen LogP contribution in [0, 0.1) is 5.92 Å². The smallest absolute Gasteiger partial charge is 0.119 e. The van der Waals surface area contributed by atoms with Gasteiger partial charge in [-0.1, -0.05) is 31.4 Å². The van der Waals surface area contributed by atoms with Gasteiger partial charge in [0.1, 0.15) is 5.75 Å². The maximum atomic E-state index is 5.25. The lowest BCUT2D eigenvalue weighted by Gasteiger charge is -2.28. The summed E-state index contributed by atoms with van der Waals surface area (Å²) in [7, 11) is 1.72. The molecule has 18 heavy (non-hydrogen) atoms. The van der Waals surface area contributed by atoms with Gasteiger partial charge in [-0.3, -0.25) is 0 Å². The topological polar surface area (TPSA) is 21.3 Å². The SMILES string of the molecule is COc1cccc(CN[C@@H](C)C2CCCCC2)c1. The number of methoxy groups -OCH3 is 1. The molecule has 1 aromatic carbocycles. The van der Waals surface area contributed by atoms with E-state index in [4.69, 9.17) is 4.74 Å². The van der Waals surface area contributed by atoms with Crippen LogP contribution in [0.1, 0.15) is 44.6 Å². The summed E-state index contributed by atoms with van der Waals surface area (Å²) in [6, 6.07) is 8.94. The minimum atomic E-state index is 0.622. The van der Waals surface area contributed by atoms with Crippen molar-refractivity contribution in [2.75, 3.05) is 7.11 Å². The van der Waals surface area contributed by atoms with Gasteiger partial charge in [0.05, 0.1) is 7.11 Å². The molecule has 0 heterocycles. The van der Waals surface area contributed by atoms with Gasteiger partial charge in [-0.25, -0.2) is 0 Å². The number of rotatable bonds is 5. The molecular formula is C16H25NO. The molecule has 2 nitrogen and oxygen atoms in total. The maximum absolute atomic E-state index is 5.25. The molecule has 0 aliphatic heterocycles. The van der Waals surface area contributed by atoms with Crippen LogP contribution in [-0.4, -0.2) is 13.2 Å². The third kappa shape index (κ3) is 3.74. The summed E-state index contributed by atoms with van der Waals surface area (Å²) >= 11 is 0. The van der Waals surface area contributed by atoms with Crippen molar-refractivity contribution in [3.05, 3.63) is 29.8 Å². The molecule has 2 heteroatoms. The Kier molecular flexibility index (Phi) is 5.06. The van der Waals surface area contributed by atoms with Gasteiger partial charge in [-0.15, -0.1) is 0 Å². The Hall–Kier alpha value is -1.02. The van der Waals surface area contributed by atoms with Crippen molar-refractivity contribution in [2.45, 2.75) is 51.6 Å². The number of ether oxygens (including phenoxy) is 1. The van der Waals surface area contributed by atoms with Crippen molar-refractivity contribution in [1.29, 1.82) is 0 Å². The van der Waals surface area contributed by atoms with Crippen molar-refractivity contribution in [3.8, 4) is 5.75 Å². The van der Waals surface area contributed by atoms with Crippen molar-refractivity contribution in [3.63, 3.8) is 0 Å². The molecule has 1 aromatic rings. The van der Waals surface area contributed by atoms with E-state index in [0.29, 0.717) is 6.04 Å². The van der Waals surface area contributed by atoms with Gasteiger partial charge < -0.3 is 10.1 Å². The van der Waals surface area contributed by atoms with E-state index in [-0.39, 0.29) is 0 Å². The van der Waals surface area contributed by atoms with E-state index < -0.39 is 0 Å². The Morgan fingerprint density at radius 1 is 1.28 bits per heavy atom. The molecule has 2 rings (SSSR count). The Morgan fingerprint density at radius 3 is 2.78 bits per heavy atom. The quantitative estimate of drug-likeness (QED) is 0.855. The van der Waals surface area contributed by atoms with E-state index in [1.807, 2.05) is 6.07 Å². The average Bonchev–Trinajstić information content (AvgIpc) is 2.46. The summed E-state index contributed by atoms with van der Waals surface area (Å²) in [5, 5.41) is 3.66. The summed E-state index contributed by atoms with van der Waals surface area (Å²) in [6.45, 7) is 3.27. The molecule has 0 bridgehead atoms. The highest BCUT2D eigenvalue weighted by atomic mass is 16.5. The van der Waals surface area contributed by atoms with Crippen molar-refractivity contribution in [1.82, 2.24) is 5.32 Å². The molecule has 0 amide bonds. The van der Waals surface area contributed by atoms with Crippen LogP contribution in [0.25, 0.3) is 0 Å². The van der Waals surface area contributed by atoms with Crippen molar-refractivity contribution >= 4 is 0 Å². The normalized spacial score (nSPS) is 18.6. The van der Waals surface area contributed by atoms with Gasteiger partial charge >= 0.3 is 0 Å². The fourth-order valence-electron chi connectivity index (χ4n) is 2.86. The Labute approximate surface area is 111 Å². The summed E-state index contributed by atoms with van der Waals surface area (Å²) in [4.78, 5) is 0. The number of hydrogen-bond donors (Lipinski definition) is 1. The first-order valence-electron chi connectivity index (χ1n) is 7.16. The zero-order valence-electron chi connectivity index (χ0n) is 11.6. The van der Waals surface area contributed by atoms with Gasteiger partial charge in [-0.05, 0) is 43.4 Å². The highest BCUT2D eigenvalue weighted by Gasteiger charge is 2.19. The first kappa shape index (κ1) is 13.4. The van der Waals surface area contributed by atoms with E-state index >= 15 is 0 Å². The summed E-state index contributed by atoms with van der Waals surface area (Å²) in [5.74, 6) is 1.81. The van der Waals surface area contributed by atoms with Crippen LogP contribution in [0.15, 0.2) is 24.3 Å². The molecule has 0 radical (unpaired) electrons. The number of nitrogens with one attached hydrogen (secondary N) is 1. The number of benzene rings is 1. The third-order valence-electron chi connectivity index (χ3n) is 4.12. The average molecular weight is 247 g/mol. The van der Waals surface area contributed by atoms with Crippen molar-refractivity contribution < 1.29 is 4.74 Å². The van der Waals surface area contributed by atoms with Gasteiger partial charge in [0.15, 0.2) is 0 Å². The van der Waals surface area contributed by atoms with Crippen LogP contribution >= 0.6 is 0 Å². The molecule has 1 atom stereocenters. The molecule has 0 saturated heterocycles. The standard InChI is InChI=1S/C16H25NO/c1-13(15-8-4-3-5-9-15)17-12-14-7-6-10-16(11-14)18-2/h6-7,10-11,13,15,17H,3-5,8-9,12H2,1-2H3/t13-/m0/s1. The predicted molar refractivity (Wildman–Crippen MR) is 75.9 cm³/mol. The third-order valence-corrected chi connectivity index (χ3v) is 4.12. The van der Waals surface area contributed by atoms with E-state index in [9.17, 15) is 0 Å². The van der Waals surface area contributed by atoms with Gasteiger partial charge in [-0.2, -0.15) is 0 Å². The minimum Gasteiger partial charge on any atom is -0.497 e. The molecule has 1 aliphatic rings. The lowest BCUT2D eigenvalue weighted by molar-refractivity contribution is 0.280. The first-order valence-corrected chi connectivity index (χ1v) is 7.16. The molecular weight excluding hydrogens is 222 g/mol. The fraction of sp³-hybridized carbons (Fsp3) is 0.625.